The zero-order chi connectivity index (χ0) is 11.8. The molecule has 0 aliphatic carbocycles. The Balaban J connectivity index is 3.82. The smallest absolute Gasteiger partial charge is 0.239 e. The van der Waals surface area contributed by atoms with Gasteiger partial charge < -0.3 is 0 Å². The summed E-state index contributed by atoms with van der Waals surface area (Å²) in [5.41, 5.74) is 2.16. The lowest BCUT2D eigenvalue weighted by Gasteiger charge is -2.11. The zero-order valence-electron chi connectivity index (χ0n) is 8.67. The molecule has 0 bridgehead atoms. The van der Waals surface area contributed by atoms with Gasteiger partial charge in [0.05, 0.1) is 3.57 Å². The number of nitrogens with two attached hydrogens (primary N) is 1. The van der Waals surface area contributed by atoms with Crippen molar-refractivity contribution in [2.24, 2.45) is 5.14 Å². The Morgan fingerprint density at radius 3 is 2.13 bits per heavy atom. The van der Waals surface area contributed by atoms with E-state index in [0.717, 1.165) is 11.1 Å². The van der Waals surface area contributed by atoms with Gasteiger partial charge in [-0.3, -0.25) is 3.07 Å². The maximum absolute atomic E-state index is 11.4. The number of aryl methyl sites for hydroxylation is 2. The predicted molar refractivity (Wildman–Crippen MR) is 65.4 cm³/mol. The van der Waals surface area contributed by atoms with Crippen LogP contribution in [-0.4, -0.2) is 8.42 Å². The fourth-order valence-corrected chi connectivity index (χ4v) is 4.69. The fourth-order valence-electron chi connectivity index (χ4n) is 1.45. The molecule has 1 rings (SSSR count). The molecule has 0 saturated heterocycles. The van der Waals surface area contributed by atoms with Crippen LogP contribution in [0.1, 0.15) is 16.7 Å². The molecule has 0 saturated carbocycles. The minimum Gasteiger partial charge on any atom is -0.265 e. The largest absolute Gasteiger partial charge is 0.265 e. The van der Waals surface area contributed by atoms with Gasteiger partial charge in [0, 0.05) is 0 Å². The Kier molecular flexibility index (Phi) is 3.62. The van der Waals surface area contributed by atoms with E-state index >= 15 is 0 Å². The molecule has 1 aromatic carbocycles. The van der Waals surface area contributed by atoms with Crippen LogP contribution in [0.5, 0.6) is 0 Å². The summed E-state index contributed by atoms with van der Waals surface area (Å²) in [5, 5.41) is 5.12. The molecule has 6 heteroatoms. The summed E-state index contributed by atoms with van der Waals surface area (Å²) in [4.78, 5) is 0.0443. The van der Waals surface area contributed by atoms with Gasteiger partial charge in [-0.1, -0.05) is 6.07 Å². The minimum absolute atomic E-state index is 0.0443. The van der Waals surface area contributed by atoms with Crippen LogP contribution < -0.4 is 5.14 Å². The first-order valence-corrected chi connectivity index (χ1v) is 7.70. The number of hydrogen-bond donors (Lipinski definition) is 1. The van der Waals surface area contributed by atoms with Crippen LogP contribution in [0.4, 0.5) is 0 Å². The number of rotatable bonds is 2. The van der Waals surface area contributed by atoms with Crippen LogP contribution in [0, 0.1) is 24.3 Å². The monoisotopic (exact) mass is 341 g/mol. The van der Waals surface area contributed by atoms with Crippen LogP contribution >= 0.6 is 21.2 Å². The van der Waals surface area contributed by atoms with E-state index in [1.54, 1.807) is 13.8 Å². The Morgan fingerprint density at radius 2 is 1.73 bits per heavy atom. The molecule has 2 N–H and O–H groups in total. The van der Waals surface area contributed by atoms with E-state index in [2.05, 4.69) is 0 Å². The second-order valence-corrected chi connectivity index (χ2v) is 6.42. The number of benzene rings is 1. The lowest BCUT2D eigenvalue weighted by atomic mass is 10.1. The summed E-state index contributed by atoms with van der Waals surface area (Å²) < 4.78 is 34.3. The van der Waals surface area contributed by atoms with Crippen LogP contribution in [-0.2, 0) is 13.1 Å². The average Bonchev–Trinajstić information content (AvgIpc) is 2.08. The van der Waals surface area contributed by atoms with E-state index in [1.165, 1.54) is 0 Å². The van der Waals surface area contributed by atoms with E-state index in [0.29, 0.717) is 9.13 Å². The average molecular weight is 341 g/mol. The van der Waals surface area contributed by atoms with Gasteiger partial charge >= 0.3 is 0 Å². The first-order valence-electron chi connectivity index (χ1n) is 4.19. The predicted octanol–water partition coefficient (Wildman–Crippen LogP) is 1.75. The first kappa shape index (κ1) is 12.7. The van der Waals surface area contributed by atoms with E-state index in [9.17, 15) is 11.5 Å². The molecule has 0 amide bonds. The Bertz CT molecular complexity index is 523. The normalized spacial score (nSPS) is 11.7. The fraction of sp³-hybridized carbons (Fsp3) is 0.333. The molecular weight excluding hydrogens is 329 g/mol. The van der Waals surface area contributed by atoms with Crippen LogP contribution in [0.2, 0.25) is 0 Å². The molecule has 0 spiro atoms. The minimum atomic E-state index is -3.79. The third-order valence-corrected chi connectivity index (χ3v) is 5.55. The summed E-state index contributed by atoms with van der Waals surface area (Å²) in [5.74, 6) is 0. The molecule has 0 atom stereocenters. The number of halogens is 1. The highest BCUT2D eigenvalue weighted by molar-refractivity contribution is 14.1. The third kappa shape index (κ3) is 2.43. The number of sulfonamides is 1. The Hall–Kier alpha value is -0.340. The molecule has 15 heavy (non-hydrogen) atoms. The maximum atomic E-state index is 11.4. The van der Waals surface area contributed by atoms with Crippen molar-refractivity contribution in [1.29, 1.82) is 0 Å². The summed E-state index contributed by atoms with van der Waals surface area (Å²) in [6, 6.07) is 1.83. The molecular formula is C9H12INO3S. The summed E-state index contributed by atoms with van der Waals surface area (Å²) >= 11 is -1.54. The van der Waals surface area contributed by atoms with Gasteiger partial charge in [0.1, 0.15) is 4.90 Å². The molecule has 4 nitrogen and oxygen atoms in total. The quantitative estimate of drug-likeness (QED) is 0.833. The van der Waals surface area contributed by atoms with Gasteiger partial charge in [0.15, 0.2) is 21.2 Å². The summed E-state index contributed by atoms with van der Waals surface area (Å²) in [7, 11) is -3.79. The van der Waals surface area contributed by atoms with Crippen LogP contribution in [0.15, 0.2) is 11.0 Å². The Morgan fingerprint density at radius 1 is 1.20 bits per heavy atom. The van der Waals surface area contributed by atoms with E-state index in [-0.39, 0.29) is 4.90 Å². The van der Waals surface area contributed by atoms with Gasteiger partial charge in [-0.25, -0.2) is 13.6 Å². The second kappa shape index (κ2) is 4.26. The standard InChI is InChI=1S/C9H12INO3S/c1-5-4-6(2)8(10-12)9(7(5)3)15(11,13)14/h4H,1-3H3,(H2,11,13,14). The van der Waals surface area contributed by atoms with Gasteiger partial charge in [-0.15, -0.1) is 0 Å². The third-order valence-electron chi connectivity index (χ3n) is 2.27. The SMILES string of the molecule is Cc1cc(C)c(I=O)c(S(N)(=O)=O)c1C. The van der Waals surface area contributed by atoms with E-state index in [1.807, 2.05) is 13.0 Å². The zero-order valence-corrected chi connectivity index (χ0v) is 11.6. The van der Waals surface area contributed by atoms with Gasteiger partial charge in [-0.05, 0) is 37.5 Å². The van der Waals surface area contributed by atoms with Gasteiger partial charge in [0.25, 0.3) is 0 Å². The summed E-state index contributed by atoms with van der Waals surface area (Å²) in [6.07, 6.45) is 0. The van der Waals surface area contributed by atoms with E-state index in [4.69, 9.17) is 5.14 Å². The summed E-state index contributed by atoms with van der Waals surface area (Å²) in [6.45, 7) is 5.23. The molecule has 0 aliphatic rings. The lowest BCUT2D eigenvalue weighted by molar-refractivity contribution is 0.596. The molecule has 84 valence electrons. The molecule has 0 fully saturated rings. The number of hydrogen-bond acceptors (Lipinski definition) is 3. The van der Waals surface area contributed by atoms with Crippen molar-refractivity contribution in [3.05, 3.63) is 26.3 Å². The highest BCUT2D eigenvalue weighted by Crippen LogP contribution is 2.29. The molecule has 0 radical (unpaired) electrons. The molecule has 0 aromatic heterocycles. The van der Waals surface area contributed by atoms with Crippen LogP contribution in [0.25, 0.3) is 0 Å². The molecule has 0 heterocycles. The lowest BCUT2D eigenvalue weighted by Crippen LogP contribution is -2.16. The first-order chi connectivity index (χ1) is 6.79. The van der Waals surface area contributed by atoms with Crippen molar-refractivity contribution in [1.82, 2.24) is 0 Å². The van der Waals surface area contributed by atoms with Crippen molar-refractivity contribution in [2.45, 2.75) is 25.7 Å². The molecule has 0 unspecified atom stereocenters. The second-order valence-electron chi connectivity index (χ2n) is 3.40. The van der Waals surface area contributed by atoms with Gasteiger partial charge in [-0.2, -0.15) is 0 Å². The highest BCUT2D eigenvalue weighted by atomic mass is 127. The van der Waals surface area contributed by atoms with Crippen molar-refractivity contribution in [2.75, 3.05) is 0 Å². The number of primary sulfonamides is 1. The van der Waals surface area contributed by atoms with Crippen molar-refractivity contribution in [3.63, 3.8) is 0 Å². The van der Waals surface area contributed by atoms with Gasteiger partial charge in [0.2, 0.25) is 10.0 Å². The van der Waals surface area contributed by atoms with Crippen molar-refractivity contribution in [3.8, 4) is 0 Å². The Labute approximate surface area is 99.6 Å². The highest BCUT2D eigenvalue weighted by Gasteiger charge is 2.20. The van der Waals surface area contributed by atoms with Crippen molar-refractivity contribution >= 4 is 31.2 Å². The van der Waals surface area contributed by atoms with Crippen molar-refractivity contribution < 1.29 is 11.5 Å². The van der Waals surface area contributed by atoms with Crippen LogP contribution in [0.3, 0.4) is 0 Å². The molecule has 1 aromatic rings. The topological polar surface area (TPSA) is 77.2 Å². The molecule has 0 aliphatic heterocycles. The maximum Gasteiger partial charge on any atom is 0.239 e. The van der Waals surface area contributed by atoms with E-state index < -0.39 is 31.2 Å².